The second kappa shape index (κ2) is 11.0. The molecule has 1 unspecified atom stereocenters. The number of carbonyl (C=O) groups is 1. The maximum atomic E-state index is 14.1. The first-order valence-corrected chi connectivity index (χ1v) is 12.2. The standard InChI is InChI=1S/C30H33N3O/c1-4-6-7-8-12-20-27-29(23(3)33(31-27)25-17-10-9-11-18-25)30(34)32-22-21-24-16-13-14-19-26(24)28(32)15-5-2/h4,6-14,16-20,28H,5,15,21-22H2,1-3H3/b6-4-,8-7-,20-12+. The average molecular weight is 452 g/mol. The second-order valence-corrected chi connectivity index (χ2v) is 8.61. The highest BCUT2D eigenvalue weighted by Crippen LogP contribution is 2.35. The molecule has 0 aliphatic carbocycles. The summed E-state index contributed by atoms with van der Waals surface area (Å²) >= 11 is 0. The Kier molecular flexibility index (Phi) is 7.58. The summed E-state index contributed by atoms with van der Waals surface area (Å²) in [4.78, 5) is 16.2. The second-order valence-electron chi connectivity index (χ2n) is 8.61. The maximum Gasteiger partial charge on any atom is 0.258 e. The maximum absolute atomic E-state index is 14.1. The van der Waals surface area contributed by atoms with Crippen LogP contribution >= 0.6 is 0 Å². The van der Waals surface area contributed by atoms with Gasteiger partial charge in [0.1, 0.15) is 0 Å². The zero-order chi connectivity index (χ0) is 23.9. The zero-order valence-electron chi connectivity index (χ0n) is 20.3. The van der Waals surface area contributed by atoms with Gasteiger partial charge in [-0.15, -0.1) is 0 Å². The molecule has 0 saturated carbocycles. The normalized spacial score (nSPS) is 16.1. The Bertz CT molecular complexity index is 1220. The first-order chi connectivity index (χ1) is 16.7. The number of hydrogen-bond donors (Lipinski definition) is 0. The number of amides is 1. The SMILES string of the molecule is C\C=C/C=C\C=C\c1nn(-c2ccccc2)c(C)c1C(=O)N1CCc2ccccc2C1CCC. The molecule has 1 aliphatic heterocycles. The summed E-state index contributed by atoms with van der Waals surface area (Å²) < 4.78 is 1.88. The molecule has 0 N–H and O–H groups in total. The first kappa shape index (κ1) is 23.5. The van der Waals surface area contributed by atoms with Gasteiger partial charge in [0.2, 0.25) is 0 Å². The van der Waals surface area contributed by atoms with Crippen LogP contribution in [0.3, 0.4) is 0 Å². The van der Waals surface area contributed by atoms with Crippen molar-refractivity contribution < 1.29 is 4.79 Å². The van der Waals surface area contributed by atoms with E-state index < -0.39 is 0 Å². The smallest absolute Gasteiger partial charge is 0.258 e. The van der Waals surface area contributed by atoms with Crippen molar-refractivity contribution in [1.82, 2.24) is 14.7 Å². The van der Waals surface area contributed by atoms with Crippen LogP contribution in [0.15, 0.2) is 85.0 Å². The van der Waals surface area contributed by atoms with Gasteiger partial charge in [0.15, 0.2) is 0 Å². The van der Waals surface area contributed by atoms with E-state index in [9.17, 15) is 4.79 Å². The highest BCUT2D eigenvalue weighted by Gasteiger charge is 2.33. The van der Waals surface area contributed by atoms with Gasteiger partial charge in [0, 0.05) is 6.54 Å². The van der Waals surface area contributed by atoms with Crippen LogP contribution in [0.2, 0.25) is 0 Å². The Morgan fingerprint density at radius 1 is 1.03 bits per heavy atom. The lowest BCUT2D eigenvalue weighted by Crippen LogP contribution is -2.40. The number of rotatable bonds is 7. The summed E-state index contributed by atoms with van der Waals surface area (Å²) in [5.41, 5.74) is 5.83. The zero-order valence-corrected chi connectivity index (χ0v) is 20.3. The van der Waals surface area contributed by atoms with E-state index in [2.05, 4.69) is 36.1 Å². The van der Waals surface area contributed by atoms with Crippen molar-refractivity contribution in [2.45, 2.75) is 46.1 Å². The molecule has 0 bridgehead atoms. The van der Waals surface area contributed by atoms with Gasteiger partial charge in [-0.3, -0.25) is 4.79 Å². The minimum absolute atomic E-state index is 0.0599. The van der Waals surface area contributed by atoms with Crippen molar-refractivity contribution in [2.75, 3.05) is 6.54 Å². The average Bonchev–Trinajstić information content (AvgIpc) is 3.20. The number of allylic oxidation sites excluding steroid dienone is 5. The van der Waals surface area contributed by atoms with Gasteiger partial charge in [0.05, 0.1) is 28.7 Å². The third kappa shape index (κ3) is 4.81. The highest BCUT2D eigenvalue weighted by atomic mass is 16.2. The lowest BCUT2D eigenvalue weighted by molar-refractivity contribution is 0.0648. The lowest BCUT2D eigenvalue weighted by Gasteiger charge is -2.37. The summed E-state index contributed by atoms with van der Waals surface area (Å²) in [5, 5.41) is 4.86. The molecule has 0 saturated heterocycles. The number of nitrogens with zero attached hydrogens (tertiary/aromatic N) is 3. The fourth-order valence-electron chi connectivity index (χ4n) is 4.73. The molecule has 0 spiro atoms. The molecule has 174 valence electrons. The largest absolute Gasteiger partial charge is 0.331 e. The van der Waals surface area contributed by atoms with E-state index in [4.69, 9.17) is 5.10 Å². The Morgan fingerprint density at radius 2 is 1.76 bits per heavy atom. The predicted molar refractivity (Wildman–Crippen MR) is 140 cm³/mol. The molecule has 1 atom stereocenters. The molecule has 0 radical (unpaired) electrons. The van der Waals surface area contributed by atoms with Gasteiger partial charge >= 0.3 is 0 Å². The van der Waals surface area contributed by atoms with Gasteiger partial charge in [-0.25, -0.2) is 4.68 Å². The first-order valence-electron chi connectivity index (χ1n) is 12.2. The van der Waals surface area contributed by atoms with Crippen LogP contribution in [-0.4, -0.2) is 27.1 Å². The number of carbonyl (C=O) groups excluding carboxylic acids is 1. The van der Waals surface area contributed by atoms with Crippen LogP contribution < -0.4 is 0 Å². The van der Waals surface area contributed by atoms with Gasteiger partial charge in [-0.2, -0.15) is 5.10 Å². The summed E-state index contributed by atoms with van der Waals surface area (Å²) in [6, 6.07) is 18.7. The number of benzene rings is 2. The number of para-hydroxylation sites is 1. The summed E-state index contributed by atoms with van der Waals surface area (Å²) in [6.45, 7) is 6.89. The van der Waals surface area contributed by atoms with E-state index in [1.54, 1.807) is 0 Å². The molecule has 2 aromatic carbocycles. The van der Waals surface area contributed by atoms with Crippen LogP contribution in [0.5, 0.6) is 0 Å². The van der Waals surface area contributed by atoms with Crippen molar-refractivity contribution >= 4 is 12.0 Å². The Morgan fingerprint density at radius 3 is 2.53 bits per heavy atom. The van der Waals surface area contributed by atoms with Gasteiger partial charge in [-0.1, -0.05) is 86.2 Å². The molecule has 4 nitrogen and oxygen atoms in total. The molecular weight excluding hydrogens is 418 g/mol. The van der Waals surface area contributed by atoms with Crippen molar-refractivity contribution in [3.05, 3.63) is 113 Å². The number of fused-ring (bicyclic) bond motifs is 1. The molecule has 0 fully saturated rings. The molecule has 1 aromatic heterocycles. The van der Waals surface area contributed by atoms with Crippen molar-refractivity contribution in [3.8, 4) is 5.69 Å². The molecule has 3 aromatic rings. The molecular formula is C30H33N3O. The topological polar surface area (TPSA) is 38.1 Å². The summed E-state index contributed by atoms with van der Waals surface area (Å²) in [5.74, 6) is 0.0599. The number of aromatic nitrogens is 2. The van der Waals surface area contributed by atoms with Crippen LogP contribution in [0.1, 0.15) is 65.6 Å². The fraction of sp³-hybridized carbons (Fsp3) is 0.267. The van der Waals surface area contributed by atoms with E-state index in [1.807, 2.05) is 85.3 Å². The van der Waals surface area contributed by atoms with E-state index in [1.165, 1.54) is 11.1 Å². The van der Waals surface area contributed by atoms with Gasteiger partial charge in [0.25, 0.3) is 5.91 Å². The van der Waals surface area contributed by atoms with Gasteiger partial charge < -0.3 is 4.90 Å². The summed E-state index contributed by atoms with van der Waals surface area (Å²) in [7, 11) is 0. The number of hydrogen-bond acceptors (Lipinski definition) is 2. The molecule has 34 heavy (non-hydrogen) atoms. The third-order valence-corrected chi connectivity index (χ3v) is 6.37. The fourth-order valence-corrected chi connectivity index (χ4v) is 4.73. The third-order valence-electron chi connectivity index (χ3n) is 6.37. The van der Waals surface area contributed by atoms with E-state index in [0.717, 1.165) is 37.2 Å². The van der Waals surface area contributed by atoms with Crippen LogP contribution in [0.25, 0.3) is 11.8 Å². The van der Waals surface area contributed by atoms with E-state index in [0.29, 0.717) is 11.3 Å². The Hall–Kier alpha value is -3.66. The molecule has 2 heterocycles. The van der Waals surface area contributed by atoms with Crippen LogP contribution in [0, 0.1) is 6.92 Å². The molecule has 1 amide bonds. The van der Waals surface area contributed by atoms with Gasteiger partial charge in [-0.05, 0) is 56.0 Å². The predicted octanol–water partition coefficient (Wildman–Crippen LogP) is 6.87. The van der Waals surface area contributed by atoms with Crippen molar-refractivity contribution in [2.24, 2.45) is 0 Å². The monoisotopic (exact) mass is 451 g/mol. The van der Waals surface area contributed by atoms with Crippen molar-refractivity contribution in [1.29, 1.82) is 0 Å². The van der Waals surface area contributed by atoms with E-state index in [-0.39, 0.29) is 11.9 Å². The summed E-state index contributed by atoms with van der Waals surface area (Å²) in [6.07, 6.45) is 14.6. The molecule has 1 aliphatic rings. The minimum atomic E-state index is 0.0599. The molecule has 4 rings (SSSR count). The van der Waals surface area contributed by atoms with E-state index >= 15 is 0 Å². The minimum Gasteiger partial charge on any atom is -0.331 e. The van der Waals surface area contributed by atoms with Crippen LogP contribution in [-0.2, 0) is 6.42 Å². The Labute approximate surface area is 202 Å². The molecule has 4 heteroatoms. The van der Waals surface area contributed by atoms with Crippen LogP contribution in [0.4, 0.5) is 0 Å². The quantitative estimate of drug-likeness (QED) is 0.368. The van der Waals surface area contributed by atoms with Crippen molar-refractivity contribution in [3.63, 3.8) is 0 Å². The lowest BCUT2D eigenvalue weighted by atomic mass is 9.89. The highest BCUT2D eigenvalue weighted by molar-refractivity contribution is 5.99. The Balaban J connectivity index is 1.77.